The minimum Gasteiger partial charge on any atom is -0.435 e. The molecule has 0 aliphatic carbocycles. The number of rotatable bonds is 7. The summed E-state index contributed by atoms with van der Waals surface area (Å²) >= 11 is 0. The van der Waals surface area contributed by atoms with E-state index in [-0.39, 0.29) is 11.7 Å². The first-order chi connectivity index (χ1) is 12.6. The molecule has 0 aromatic heterocycles. The molecule has 1 fully saturated rings. The van der Waals surface area contributed by atoms with Crippen LogP contribution in [-0.4, -0.2) is 32.3 Å². The molecule has 1 atom stereocenters. The molecule has 0 spiro atoms. The number of carbonyl (C=O) groups excluding carboxylic acids is 1. The van der Waals surface area contributed by atoms with E-state index in [1.807, 2.05) is 6.07 Å². The predicted octanol–water partition coefficient (Wildman–Crippen LogP) is 4.11. The van der Waals surface area contributed by atoms with Gasteiger partial charge in [-0.15, -0.1) is 0 Å². The number of alkyl halides is 2. The van der Waals surface area contributed by atoms with E-state index in [4.69, 9.17) is 4.74 Å². The molecule has 1 amide bonds. The van der Waals surface area contributed by atoms with E-state index in [2.05, 4.69) is 10.1 Å². The topological polar surface area (TPSA) is 47.6 Å². The van der Waals surface area contributed by atoms with Crippen LogP contribution in [0.25, 0.3) is 11.1 Å². The zero-order valence-electron chi connectivity index (χ0n) is 14.3. The lowest BCUT2D eigenvalue weighted by atomic mass is 10.0. The number of benzene rings is 2. The molecule has 1 N–H and O–H groups in total. The van der Waals surface area contributed by atoms with Crippen LogP contribution >= 0.6 is 0 Å². The molecule has 0 bridgehead atoms. The van der Waals surface area contributed by atoms with Crippen molar-refractivity contribution in [3.05, 3.63) is 54.1 Å². The minimum atomic E-state index is -2.84. The van der Waals surface area contributed by atoms with Crippen molar-refractivity contribution in [2.24, 2.45) is 5.92 Å². The highest BCUT2D eigenvalue weighted by atomic mass is 19.3. The van der Waals surface area contributed by atoms with Crippen LogP contribution in [0, 0.1) is 5.92 Å². The van der Waals surface area contributed by atoms with Crippen molar-refractivity contribution in [1.82, 2.24) is 5.32 Å². The van der Waals surface area contributed by atoms with Gasteiger partial charge in [-0.25, -0.2) is 0 Å². The van der Waals surface area contributed by atoms with Gasteiger partial charge in [-0.2, -0.15) is 8.78 Å². The molecule has 2 aromatic carbocycles. The van der Waals surface area contributed by atoms with Crippen molar-refractivity contribution in [3.8, 4) is 16.9 Å². The van der Waals surface area contributed by atoms with Gasteiger partial charge in [0, 0.05) is 25.3 Å². The Kier molecular flexibility index (Phi) is 6.17. The fourth-order valence-electron chi connectivity index (χ4n) is 2.97. The fraction of sp³-hybridized carbons (Fsp3) is 0.350. The van der Waals surface area contributed by atoms with Gasteiger partial charge in [0.25, 0.3) is 5.91 Å². The smallest absolute Gasteiger partial charge is 0.387 e. The molecule has 0 unspecified atom stereocenters. The molecule has 4 nitrogen and oxygen atoms in total. The Morgan fingerprint density at radius 3 is 2.69 bits per heavy atom. The van der Waals surface area contributed by atoms with Crippen LogP contribution in [0.5, 0.6) is 5.75 Å². The Hall–Kier alpha value is -2.47. The molecule has 1 saturated heterocycles. The van der Waals surface area contributed by atoms with Crippen LogP contribution in [0.2, 0.25) is 0 Å². The van der Waals surface area contributed by atoms with Crippen LogP contribution < -0.4 is 10.1 Å². The van der Waals surface area contributed by atoms with Crippen LogP contribution in [0.15, 0.2) is 48.5 Å². The fourth-order valence-corrected chi connectivity index (χ4v) is 2.97. The average Bonchev–Trinajstić information content (AvgIpc) is 3.15. The molecule has 26 heavy (non-hydrogen) atoms. The number of halogens is 2. The molecule has 3 rings (SSSR count). The SMILES string of the molecule is O=C(NCC[C@H]1CCOC1)c1cccc(-c2ccc(OC(F)F)cc2)c1. The Bertz CT molecular complexity index is 728. The number of amides is 1. The third-order valence-electron chi connectivity index (χ3n) is 4.40. The second kappa shape index (κ2) is 8.76. The molecule has 0 radical (unpaired) electrons. The third kappa shape index (κ3) is 5.02. The van der Waals surface area contributed by atoms with Gasteiger partial charge in [0.2, 0.25) is 0 Å². The van der Waals surface area contributed by atoms with Crippen molar-refractivity contribution in [3.63, 3.8) is 0 Å². The molecule has 2 aromatic rings. The lowest BCUT2D eigenvalue weighted by Crippen LogP contribution is -2.26. The van der Waals surface area contributed by atoms with Gasteiger partial charge in [-0.3, -0.25) is 4.79 Å². The van der Waals surface area contributed by atoms with Gasteiger partial charge >= 0.3 is 6.61 Å². The monoisotopic (exact) mass is 361 g/mol. The summed E-state index contributed by atoms with van der Waals surface area (Å²) < 4.78 is 34.1. The van der Waals surface area contributed by atoms with E-state index >= 15 is 0 Å². The molecule has 1 aliphatic heterocycles. The van der Waals surface area contributed by atoms with Gasteiger partial charge in [0.15, 0.2) is 0 Å². The van der Waals surface area contributed by atoms with Crippen LogP contribution in [0.1, 0.15) is 23.2 Å². The molecule has 1 aliphatic rings. The Balaban J connectivity index is 1.60. The van der Waals surface area contributed by atoms with E-state index < -0.39 is 6.61 Å². The van der Waals surface area contributed by atoms with Gasteiger partial charge < -0.3 is 14.8 Å². The Labute approximate surface area is 151 Å². The van der Waals surface area contributed by atoms with Gasteiger partial charge in [-0.1, -0.05) is 24.3 Å². The van der Waals surface area contributed by atoms with Gasteiger partial charge in [0.1, 0.15) is 5.75 Å². The number of ether oxygens (including phenoxy) is 2. The highest BCUT2D eigenvalue weighted by Crippen LogP contribution is 2.24. The summed E-state index contributed by atoms with van der Waals surface area (Å²) in [7, 11) is 0. The van der Waals surface area contributed by atoms with Crippen molar-refractivity contribution >= 4 is 5.91 Å². The summed E-state index contributed by atoms with van der Waals surface area (Å²) in [5, 5.41) is 2.94. The first-order valence-electron chi connectivity index (χ1n) is 8.63. The molecule has 138 valence electrons. The van der Waals surface area contributed by atoms with Gasteiger partial charge in [-0.05, 0) is 54.2 Å². The molecular weight excluding hydrogens is 340 g/mol. The van der Waals surface area contributed by atoms with Crippen molar-refractivity contribution in [2.45, 2.75) is 19.5 Å². The summed E-state index contributed by atoms with van der Waals surface area (Å²) in [6.07, 6.45) is 1.97. The molecular formula is C20H21F2NO3. The van der Waals surface area contributed by atoms with E-state index in [9.17, 15) is 13.6 Å². The largest absolute Gasteiger partial charge is 0.435 e. The third-order valence-corrected chi connectivity index (χ3v) is 4.40. The number of nitrogens with one attached hydrogen (secondary N) is 1. The summed E-state index contributed by atoms with van der Waals surface area (Å²) in [4.78, 5) is 12.3. The first-order valence-corrected chi connectivity index (χ1v) is 8.63. The summed E-state index contributed by atoms with van der Waals surface area (Å²) in [5.41, 5.74) is 2.23. The molecule has 6 heteroatoms. The number of carbonyl (C=O) groups is 1. The maximum atomic E-state index is 12.3. The molecule has 1 heterocycles. The van der Waals surface area contributed by atoms with Gasteiger partial charge in [0.05, 0.1) is 0 Å². The Morgan fingerprint density at radius 1 is 1.19 bits per heavy atom. The average molecular weight is 361 g/mol. The van der Waals surface area contributed by atoms with Crippen molar-refractivity contribution in [1.29, 1.82) is 0 Å². The van der Waals surface area contributed by atoms with E-state index in [0.717, 1.165) is 37.2 Å². The van der Waals surface area contributed by atoms with E-state index in [0.29, 0.717) is 18.0 Å². The minimum absolute atomic E-state index is 0.105. The second-order valence-electron chi connectivity index (χ2n) is 6.26. The maximum Gasteiger partial charge on any atom is 0.387 e. The van der Waals surface area contributed by atoms with Crippen LogP contribution in [0.4, 0.5) is 8.78 Å². The van der Waals surface area contributed by atoms with Crippen LogP contribution in [-0.2, 0) is 4.74 Å². The second-order valence-corrected chi connectivity index (χ2v) is 6.26. The lowest BCUT2D eigenvalue weighted by Gasteiger charge is -2.10. The lowest BCUT2D eigenvalue weighted by molar-refractivity contribution is -0.0498. The van der Waals surface area contributed by atoms with Crippen molar-refractivity contribution < 1.29 is 23.0 Å². The highest BCUT2D eigenvalue weighted by Gasteiger charge is 2.15. The Morgan fingerprint density at radius 2 is 2.00 bits per heavy atom. The zero-order valence-corrected chi connectivity index (χ0v) is 14.3. The maximum absolute atomic E-state index is 12.3. The summed E-state index contributed by atoms with van der Waals surface area (Å²) in [6.45, 7) is -0.640. The number of hydrogen-bond acceptors (Lipinski definition) is 3. The zero-order chi connectivity index (χ0) is 18.4. The molecule has 0 saturated carbocycles. The van der Waals surface area contributed by atoms with Crippen molar-refractivity contribution in [2.75, 3.05) is 19.8 Å². The highest BCUT2D eigenvalue weighted by molar-refractivity contribution is 5.95. The standard InChI is InChI=1S/C20H21F2NO3/c21-20(22)26-18-6-4-15(5-7-18)16-2-1-3-17(12-16)19(24)23-10-8-14-9-11-25-13-14/h1-7,12,14,20H,8-11,13H2,(H,23,24)/t14-/m0/s1. The quantitative estimate of drug-likeness (QED) is 0.807. The number of hydrogen-bond donors (Lipinski definition) is 1. The van der Waals surface area contributed by atoms with E-state index in [1.54, 1.807) is 30.3 Å². The first kappa shape index (κ1) is 18.3. The predicted molar refractivity (Wildman–Crippen MR) is 94.4 cm³/mol. The summed E-state index contributed by atoms with van der Waals surface area (Å²) in [5.74, 6) is 0.507. The summed E-state index contributed by atoms with van der Waals surface area (Å²) in [6, 6.07) is 13.6. The van der Waals surface area contributed by atoms with E-state index in [1.165, 1.54) is 12.1 Å². The van der Waals surface area contributed by atoms with Crippen LogP contribution in [0.3, 0.4) is 0 Å². The normalized spacial score (nSPS) is 16.7.